The molecule has 26 heavy (non-hydrogen) atoms. The molecule has 2 heterocycles. The van der Waals surface area contributed by atoms with Crippen molar-refractivity contribution in [2.45, 2.75) is 38.3 Å². The summed E-state index contributed by atoms with van der Waals surface area (Å²) in [5.74, 6) is 0.993. The summed E-state index contributed by atoms with van der Waals surface area (Å²) in [6, 6.07) is 6.31. The van der Waals surface area contributed by atoms with E-state index in [4.69, 9.17) is 0 Å². The monoisotopic (exact) mass is 356 g/mol. The first-order valence-electron chi connectivity index (χ1n) is 8.80. The molecule has 0 spiro atoms. The molecule has 4 rings (SSSR count). The van der Waals surface area contributed by atoms with E-state index in [1.807, 2.05) is 10.7 Å². The van der Waals surface area contributed by atoms with E-state index < -0.39 is 0 Å². The number of aromatic nitrogens is 4. The molecule has 0 aliphatic heterocycles. The van der Waals surface area contributed by atoms with E-state index in [-0.39, 0.29) is 11.8 Å². The number of H-pyrrole nitrogens is 1. The molecule has 0 saturated heterocycles. The highest BCUT2D eigenvalue weighted by Crippen LogP contribution is 2.31. The van der Waals surface area contributed by atoms with Gasteiger partial charge in [-0.05, 0) is 31.0 Å². The van der Waals surface area contributed by atoms with Gasteiger partial charge in [-0.15, -0.1) is 0 Å². The summed E-state index contributed by atoms with van der Waals surface area (Å²) in [5, 5.41) is 7.28. The molecule has 136 valence electrons. The minimum Gasteiger partial charge on any atom is -0.340 e. The van der Waals surface area contributed by atoms with Crippen LogP contribution in [0.2, 0.25) is 0 Å². The highest BCUT2D eigenvalue weighted by molar-refractivity contribution is 5.88. The topological polar surface area (TPSA) is 78.8 Å². The molecule has 1 aliphatic rings. The van der Waals surface area contributed by atoms with Crippen LogP contribution in [0.25, 0.3) is 11.0 Å². The van der Waals surface area contributed by atoms with Gasteiger partial charge in [-0.3, -0.25) is 5.32 Å². The second kappa shape index (κ2) is 6.78. The zero-order valence-corrected chi connectivity index (χ0v) is 14.6. The number of rotatable bonds is 4. The van der Waals surface area contributed by atoms with Crippen molar-refractivity contribution < 1.29 is 9.18 Å². The Bertz CT molecular complexity index is 927. The third-order valence-corrected chi connectivity index (χ3v) is 4.80. The van der Waals surface area contributed by atoms with E-state index in [0.717, 1.165) is 12.8 Å². The molecule has 1 fully saturated rings. The fraction of sp³-hybridized carbons (Fsp3) is 0.389. The first kappa shape index (κ1) is 16.6. The number of urea groups is 1. The largest absolute Gasteiger partial charge is 0.340 e. The van der Waals surface area contributed by atoms with Gasteiger partial charge in [-0.2, -0.15) is 5.10 Å². The zero-order chi connectivity index (χ0) is 18.1. The Morgan fingerprint density at radius 2 is 2.19 bits per heavy atom. The summed E-state index contributed by atoms with van der Waals surface area (Å²) in [6.07, 6.45) is 6.29. The fourth-order valence-corrected chi connectivity index (χ4v) is 3.46. The van der Waals surface area contributed by atoms with Gasteiger partial charge in [0.05, 0.1) is 29.8 Å². The Labute approximate surface area is 150 Å². The number of fused-ring (bicyclic) bond motifs is 1. The number of imidazole rings is 1. The number of anilines is 1. The Hall–Kier alpha value is -2.90. The van der Waals surface area contributed by atoms with Crippen LogP contribution in [0.15, 0.2) is 30.5 Å². The van der Waals surface area contributed by atoms with Crippen LogP contribution >= 0.6 is 0 Å². The third-order valence-electron chi connectivity index (χ3n) is 4.80. The molecule has 0 radical (unpaired) electrons. The van der Waals surface area contributed by atoms with Gasteiger partial charge in [0.15, 0.2) is 0 Å². The van der Waals surface area contributed by atoms with E-state index in [1.165, 1.54) is 29.9 Å². The molecule has 1 saturated carbocycles. The van der Waals surface area contributed by atoms with Crippen LogP contribution in [0.1, 0.15) is 37.5 Å². The van der Waals surface area contributed by atoms with Crippen molar-refractivity contribution in [1.29, 1.82) is 0 Å². The van der Waals surface area contributed by atoms with Gasteiger partial charge >= 0.3 is 6.03 Å². The van der Waals surface area contributed by atoms with Crippen LogP contribution in [-0.4, -0.2) is 37.7 Å². The molecule has 2 N–H and O–H groups in total. The van der Waals surface area contributed by atoms with Gasteiger partial charge in [0, 0.05) is 13.1 Å². The first-order valence-corrected chi connectivity index (χ1v) is 8.80. The minimum absolute atomic E-state index is 0.239. The Balaban J connectivity index is 1.43. The Kier molecular flexibility index (Phi) is 4.32. The average Bonchev–Trinajstić information content (AvgIpc) is 3.33. The molecule has 8 heteroatoms. The highest BCUT2D eigenvalue weighted by atomic mass is 19.1. The number of aromatic amines is 1. The van der Waals surface area contributed by atoms with Crippen molar-refractivity contribution in [1.82, 2.24) is 24.6 Å². The number of nitrogens with zero attached hydrogens (tertiary/aromatic N) is 4. The van der Waals surface area contributed by atoms with E-state index >= 15 is 0 Å². The van der Waals surface area contributed by atoms with Gasteiger partial charge < -0.3 is 9.88 Å². The molecule has 1 aromatic carbocycles. The molecule has 0 atom stereocenters. The molecule has 7 nitrogen and oxygen atoms in total. The normalized spacial score (nSPS) is 14.8. The maximum Gasteiger partial charge on any atom is 0.323 e. The zero-order valence-electron chi connectivity index (χ0n) is 14.6. The SMILES string of the molecule is CN(Cc1nc2ccc(F)cc2[nH]1)C(=O)Nc1ccnn1C1CCCC1. The summed E-state index contributed by atoms with van der Waals surface area (Å²) in [5.41, 5.74) is 1.29. The Morgan fingerprint density at radius 1 is 1.38 bits per heavy atom. The lowest BCUT2D eigenvalue weighted by Crippen LogP contribution is -2.32. The lowest BCUT2D eigenvalue weighted by atomic mass is 10.2. The number of benzene rings is 1. The number of halogens is 1. The molecule has 2 amide bonds. The molecule has 3 aromatic rings. The number of carbonyl (C=O) groups is 1. The average molecular weight is 356 g/mol. The van der Waals surface area contributed by atoms with Gasteiger partial charge in [0.2, 0.25) is 0 Å². The second-order valence-electron chi connectivity index (χ2n) is 6.73. The summed E-state index contributed by atoms with van der Waals surface area (Å²) in [7, 11) is 1.69. The standard InChI is InChI=1S/C18H21FN6O/c1-24(11-16-21-14-7-6-12(19)10-15(14)22-16)18(26)23-17-8-9-20-25(17)13-4-2-3-5-13/h6-10,13H,2-5,11H2,1H3,(H,21,22)(H,23,26). The molecular formula is C18H21FN6O. The van der Waals surface area contributed by atoms with Crippen molar-refractivity contribution in [3.8, 4) is 0 Å². The van der Waals surface area contributed by atoms with Gasteiger partial charge in [-0.25, -0.2) is 18.9 Å². The van der Waals surface area contributed by atoms with Crippen molar-refractivity contribution in [2.75, 3.05) is 12.4 Å². The summed E-state index contributed by atoms with van der Waals surface area (Å²) in [4.78, 5) is 21.5. The second-order valence-corrected chi connectivity index (χ2v) is 6.73. The summed E-state index contributed by atoms with van der Waals surface area (Å²) in [6.45, 7) is 0.291. The third kappa shape index (κ3) is 3.26. The Morgan fingerprint density at radius 3 is 3.00 bits per heavy atom. The highest BCUT2D eigenvalue weighted by Gasteiger charge is 2.21. The number of amides is 2. The van der Waals surface area contributed by atoms with Crippen LogP contribution < -0.4 is 5.32 Å². The number of carbonyl (C=O) groups excluding carboxylic acids is 1. The van der Waals surface area contributed by atoms with Gasteiger partial charge in [0.25, 0.3) is 0 Å². The number of hydrogen-bond donors (Lipinski definition) is 2. The molecule has 2 aromatic heterocycles. The van der Waals surface area contributed by atoms with Crippen LogP contribution in [-0.2, 0) is 6.54 Å². The van der Waals surface area contributed by atoms with E-state index in [0.29, 0.717) is 35.3 Å². The van der Waals surface area contributed by atoms with Gasteiger partial charge in [-0.1, -0.05) is 12.8 Å². The van der Waals surface area contributed by atoms with Crippen molar-refractivity contribution in [3.63, 3.8) is 0 Å². The van der Waals surface area contributed by atoms with Crippen LogP contribution in [0.3, 0.4) is 0 Å². The number of nitrogens with one attached hydrogen (secondary N) is 2. The maximum absolute atomic E-state index is 13.3. The van der Waals surface area contributed by atoms with E-state index in [1.54, 1.807) is 19.3 Å². The molecule has 1 aliphatic carbocycles. The summed E-state index contributed by atoms with van der Waals surface area (Å²) < 4.78 is 15.2. The predicted molar refractivity (Wildman–Crippen MR) is 96.3 cm³/mol. The number of hydrogen-bond acceptors (Lipinski definition) is 3. The summed E-state index contributed by atoms with van der Waals surface area (Å²) >= 11 is 0. The van der Waals surface area contributed by atoms with E-state index in [2.05, 4.69) is 20.4 Å². The fourth-order valence-electron chi connectivity index (χ4n) is 3.46. The molecular weight excluding hydrogens is 335 g/mol. The van der Waals surface area contributed by atoms with Crippen molar-refractivity contribution in [3.05, 3.63) is 42.1 Å². The van der Waals surface area contributed by atoms with Gasteiger partial charge in [0.1, 0.15) is 17.5 Å². The predicted octanol–water partition coefficient (Wildman–Crippen LogP) is 3.68. The maximum atomic E-state index is 13.3. The molecule has 0 bridgehead atoms. The molecule has 0 unspecified atom stereocenters. The van der Waals surface area contributed by atoms with Crippen molar-refractivity contribution >= 4 is 22.9 Å². The van der Waals surface area contributed by atoms with E-state index in [9.17, 15) is 9.18 Å². The smallest absolute Gasteiger partial charge is 0.323 e. The van der Waals surface area contributed by atoms with Crippen LogP contribution in [0.5, 0.6) is 0 Å². The van der Waals surface area contributed by atoms with Crippen LogP contribution in [0.4, 0.5) is 15.0 Å². The van der Waals surface area contributed by atoms with Crippen molar-refractivity contribution in [2.24, 2.45) is 0 Å². The minimum atomic E-state index is -0.320. The lowest BCUT2D eigenvalue weighted by molar-refractivity contribution is 0.219. The quantitative estimate of drug-likeness (QED) is 0.748. The van der Waals surface area contributed by atoms with Crippen LogP contribution in [0, 0.1) is 5.82 Å². The lowest BCUT2D eigenvalue weighted by Gasteiger charge is -2.19. The first-order chi connectivity index (χ1) is 12.6.